The van der Waals surface area contributed by atoms with Crippen LogP contribution in [0.4, 0.5) is 8.78 Å². The molecule has 1 aromatic rings. The van der Waals surface area contributed by atoms with Crippen molar-refractivity contribution in [3.8, 4) is 0 Å². The fourth-order valence-corrected chi connectivity index (χ4v) is 1.12. The van der Waals surface area contributed by atoms with Crippen molar-refractivity contribution >= 4 is 16.8 Å². The van der Waals surface area contributed by atoms with Gasteiger partial charge in [-0.05, 0) is 24.5 Å². The Hall–Kier alpha value is -0.900. The molecule has 1 N–H and O–H groups in total. The van der Waals surface area contributed by atoms with E-state index < -0.39 is 11.6 Å². The first kappa shape index (κ1) is 9.19. The number of benzene rings is 1. The highest BCUT2D eigenvalue weighted by molar-refractivity contribution is 8.13. The predicted octanol–water partition coefficient (Wildman–Crippen LogP) is 2.65. The second-order valence-corrected chi connectivity index (χ2v) is 2.98. The van der Waals surface area contributed by atoms with Gasteiger partial charge in [0.2, 0.25) is 0 Å². The van der Waals surface area contributed by atoms with Gasteiger partial charge in [0.15, 0.2) is 11.6 Å². The minimum Gasteiger partial charge on any atom is -0.293 e. The highest BCUT2D eigenvalue weighted by atomic mass is 32.2. The minimum absolute atomic E-state index is 0.230. The van der Waals surface area contributed by atoms with Crippen molar-refractivity contribution in [3.63, 3.8) is 0 Å². The Labute approximate surface area is 73.3 Å². The zero-order valence-electron chi connectivity index (χ0n) is 6.40. The Balaban J connectivity index is 3.05. The second kappa shape index (κ2) is 3.67. The molecule has 0 aliphatic carbocycles. The molecular formula is C8H7F2NS. The third kappa shape index (κ3) is 1.82. The zero-order chi connectivity index (χ0) is 9.14. The van der Waals surface area contributed by atoms with Crippen molar-refractivity contribution in [2.24, 2.45) is 0 Å². The molecule has 1 aromatic carbocycles. The van der Waals surface area contributed by atoms with E-state index in [-0.39, 0.29) is 5.04 Å². The molecule has 0 fully saturated rings. The molecule has 0 aliphatic heterocycles. The molecule has 0 radical (unpaired) electrons. The van der Waals surface area contributed by atoms with Crippen LogP contribution in [0, 0.1) is 17.0 Å². The monoisotopic (exact) mass is 187 g/mol. The highest BCUT2D eigenvalue weighted by Gasteiger charge is 2.04. The van der Waals surface area contributed by atoms with Crippen LogP contribution in [0.2, 0.25) is 0 Å². The summed E-state index contributed by atoms with van der Waals surface area (Å²) in [6, 6.07) is 3.43. The standard InChI is InChI=1S/C8H7F2NS/c1-12-8(11)5-2-3-6(9)7(10)4-5/h2-4,11H,1H3. The first-order chi connectivity index (χ1) is 5.65. The summed E-state index contributed by atoms with van der Waals surface area (Å²) in [7, 11) is 0. The summed E-state index contributed by atoms with van der Waals surface area (Å²) in [6.07, 6.45) is 1.71. The Morgan fingerprint density at radius 2 is 2.00 bits per heavy atom. The number of nitrogens with one attached hydrogen (secondary N) is 1. The van der Waals surface area contributed by atoms with Gasteiger partial charge >= 0.3 is 0 Å². The van der Waals surface area contributed by atoms with Crippen molar-refractivity contribution in [2.45, 2.75) is 0 Å². The maximum Gasteiger partial charge on any atom is 0.159 e. The lowest BCUT2D eigenvalue weighted by atomic mass is 10.2. The van der Waals surface area contributed by atoms with E-state index in [1.165, 1.54) is 17.8 Å². The molecule has 64 valence electrons. The van der Waals surface area contributed by atoms with E-state index >= 15 is 0 Å². The summed E-state index contributed by atoms with van der Waals surface area (Å²) < 4.78 is 25.0. The van der Waals surface area contributed by atoms with Crippen LogP contribution in [0.5, 0.6) is 0 Å². The molecule has 0 aliphatic rings. The van der Waals surface area contributed by atoms with Gasteiger partial charge in [-0.15, -0.1) is 11.8 Å². The molecule has 1 rings (SSSR count). The smallest absolute Gasteiger partial charge is 0.159 e. The predicted molar refractivity (Wildman–Crippen MR) is 46.7 cm³/mol. The van der Waals surface area contributed by atoms with E-state index in [1.807, 2.05) is 0 Å². The van der Waals surface area contributed by atoms with Gasteiger partial charge < -0.3 is 0 Å². The lowest BCUT2D eigenvalue weighted by molar-refractivity contribution is 0.508. The zero-order valence-corrected chi connectivity index (χ0v) is 7.21. The van der Waals surface area contributed by atoms with E-state index in [4.69, 9.17) is 5.41 Å². The SMILES string of the molecule is CSC(=N)c1ccc(F)c(F)c1. The first-order valence-corrected chi connectivity index (χ1v) is 4.45. The summed E-state index contributed by atoms with van der Waals surface area (Å²) in [5.41, 5.74) is 0.404. The number of rotatable bonds is 1. The molecular weight excluding hydrogens is 180 g/mol. The lowest BCUT2D eigenvalue weighted by Gasteiger charge is -1.99. The summed E-state index contributed by atoms with van der Waals surface area (Å²) in [5.74, 6) is -1.79. The average Bonchev–Trinajstić information content (AvgIpc) is 2.08. The van der Waals surface area contributed by atoms with Crippen molar-refractivity contribution in [2.75, 3.05) is 6.26 Å². The molecule has 0 unspecified atom stereocenters. The lowest BCUT2D eigenvalue weighted by Crippen LogP contribution is -1.94. The molecule has 0 atom stereocenters. The third-order valence-electron chi connectivity index (χ3n) is 1.39. The molecule has 0 bridgehead atoms. The van der Waals surface area contributed by atoms with Crippen LogP contribution < -0.4 is 0 Å². The number of halogens is 2. The van der Waals surface area contributed by atoms with Gasteiger partial charge in [-0.2, -0.15) is 0 Å². The fraction of sp³-hybridized carbons (Fsp3) is 0.125. The molecule has 12 heavy (non-hydrogen) atoms. The average molecular weight is 187 g/mol. The molecule has 0 amide bonds. The summed E-state index contributed by atoms with van der Waals surface area (Å²) >= 11 is 1.19. The summed E-state index contributed by atoms with van der Waals surface area (Å²) in [5, 5.41) is 7.55. The molecule has 0 aromatic heterocycles. The maximum atomic E-state index is 12.6. The second-order valence-electron chi connectivity index (χ2n) is 2.16. The van der Waals surface area contributed by atoms with Crippen molar-refractivity contribution in [3.05, 3.63) is 35.4 Å². The molecule has 1 nitrogen and oxygen atoms in total. The van der Waals surface area contributed by atoms with Crippen LogP contribution in [0.1, 0.15) is 5.56 Å². The van der Waals surface area contributed by atoms with Crippen LogP contribution in [-0.4, -0.2) is 11.3 Å². The quantitative estimate of drug-likeness (QED) is 0.530. The highest BCUT2D eigenvalue weighted by Crippen LogP contribution is 2.13. The molecule has 0 heterocycles. The van der Waals surface area contributed by atoms with Gasteiger partial charge in [0, 0.05) is 5.56 Å². The van der Waals surface area contributed by atoms with Gasteiger partial charge in [0.05, 0.1) is 5.04 Å². The van der Waals surface area contributed by atoms with Crippen molar-refractivity contribution < 1.29 is 8.78 Å². The largest absolute Gasteiger partial charge is 0.293 e. The Kier molecular flexibility index (Phi) is 2.81. The van der Waals surface area contributed by atoms with Gasteiger partial charge in [-0.25, -0.2) is 8.78 Å². The molecule has 0 spiro atoms. The van der Waals surface area contributed by atoms with Crippen LogP contribution in [0.3, 0.4) is 0 Å². The fourth-order valence-electron chi connectivity index (χ4n) is 0.755. The number of thioether (sulfide) groups is 1. The van der Waals surface area contributed by atoms with E-state index in [1.54, 1.807) is 6.26 Å². The third-order valence-corrected chi connectivity index (χ3v) is 2.03. The molecule has 4 heteroatoms. The van der Waals surface area contributed by atoms with E-state index in [0.717, 1.165) is 12.1 Å². The van der Waals surface area contributed by atoms with Gasteiger partial charge in [0.25, 0.3) is 0 Å². The van der Waals surface area contributed by atoms with Crippen LogP contribution in [-0.2, 0) is 0 Å². The number of hydrogen-bond donors (Lipinski definition) is 1. The topological polar surface area (TPSA) is 23.9 Å². The Bertz CT molecular complexity index is 312. The van der Waals surface area contributed by atoms with Gasteiger partial charge in [0.1, 0.15) is 0 Å². The van der Waals surface area contributed by atoms with Gasteiger partial charge in [-0.3, -0.25) is 5.41 Å². The number of hydrogen-bond acceptors (Lipinski definition) is 2. The minimum atomic E-state index is -0.911. The summed E-state index contributed by atoms with van der Waals surface area (Å²) in [4.78, 5) is 0. The Morgan fingerprint density at radius 1 is 1.33 bits per heavy atom. The molecule has 0 saturated carbocycles. The molecule has 0 saturated heterocycles. The van der Waals surface area contributed by atoms with E-state index in [0.29, 0.717) is 5.56 Å². The van der Waals surface area contributed by atoms with E-state index in [9.17, 15) is 8.78 Å². The van der Waals surface area contributed by atoms with Crippen LogP contribution in [0.25, 0.3) is 0 Å². The van der Waals surface area contributed by atoms with E-state index in [2.05, 4.69) is 0 Å². The normalized spacial score (nSPS) is 9.92. The van der Waals surface area contributed by atoms with Crippen LogP contribution in [0.15, 0.2) is 18.2 Å². The summed E-state index contributed by atoms with van der Waals surface area (Å²) in [6.45, 7) is 0. The maximum absolute atomic E-state index is 12.6. The Morgan fingerprint density at radius 3 is 2.50 bits per heavy atom. The van der Waals surface area contributed by atoms with Gasteiger partial charge in [-0.1, -0.05) is 0 Å². The van der Waals surface area contributed by atoms with Crippen LogP contribution >= 0.6 is 11.8 Å². The first-order valence-electron chi connectivity index (χ1n) is 3.23. The van der Waals surface area contributed by atoms with Crippen molar-refractivity contribution in [1.82, 2.24) is 0 Å². The van der Waals surface area contributed by atoms with Crippen molar-refractivity contribution in [1.29, 1.82) is 5.41 Å².